The molecule has 0 bridgehead atoms. The van der Waals surface area contributed by atoms with Gasteiger partial charge >= 0.3 is 0 Å². The first-order valence-electron chi connectivity index (χ1n) is 52.2. The molecular formula is C140H190N2. The van der Waals surface area contributed by atoms with Crippen molar-refractivity contribution in [2.24, 2.45) is 54.1 Å². The number of nitrogens with zero attached hydrogens (tertiary/aromatic N) is 2. The van der Waals surface area contributed by atoms with Gasteiger partial charge in [0, 0.05) is 50.2 Å². The van der Waals surface area contributed by atoms with Crippen molar-refractivity contribution in [2.45, 2.75) is 315 Å². The zero-order valence-electron chi connectivity index (χ0n) is 97.2. The Balaban J connectivity index is 0.000000281. The smallest absolute Gasteiger partial charge is 0.0713 e. The zero-order valence-corrected chi connectivity index (χ0v) is 97.2. The zero-order chi connectivity index (χ0) is 107. The van der Waals surface area contributed by atoms with Gasteiger partial charge in [0.15, 0.2) is 0 Å². The molecule has 0 aliphatic heterocycles. The predicted octanol–water partition coefficient (Wildman–Crippen LogP) is 44.3. The maximum atomic E-state index is 2.37. The Bertz CT molecular complexity index is 5860. The quantitative estimate of drug-likeness (QED) is 0.155. The molecule has 2 nitrogen and oxygen atoms in total. The number of para-hydroxylation sites is 5. The molecule has 760 valence electrons. The summed E-state index contributed by atoms with van der Waals surface area (Å²) in [6.07, 6.45) is 0. The van der Waals surface area contributed by atoms with E-state index in [0.29, 0.717) is 54.1 Å². The molecule has 19 rings (SSSR count). The SMILES string of the molecule is CC(C)(C)C.CC(C)(C)C.CC(C)(C)C.CC(C)(C)C.CC(C)(C)C.CC(C)(C)C.CC(C)(C)C.CC(C)(C)C.CC(C)(C)C.CC(C)(C)C.CC1(C)c2ccccc2-c2ccccc21.CCn1c2ccccc2c2ccccc21.c1ccc(-n2c3ccccc3c3ccccc32)cc1.c1ccc(C2(c3ccccc3)c3ccccc3-c3ccccc32)cc1.c1ccc2c(c1)c1ccccc1c1ccccc21. The first-order valence-corrected chi connectivity index (χ1v) is 52.2. The monoisotopic (exact) mass is 1900 g/mol. The Morgan fingerprint density at radius 2 is 0.324 bits per heavy atom. The molecule has 2 heterocycles. The van der Waals surface area contributed by atoms with E-state index in [-0.39, 0.29) is 10.8 Å². The number of hydrogen-bond donors (Lipinski definition) is 0. The molecule has 0 saturated heterocycles. The van der Waals surface area contributed by atoms with Crippen LogP contribution in [0.2, 0.25) is 0 Å². The fourth-order valence-corrected chi connectivity index (χ4v) is 15.1. The number of rotatable bonds is 4. The molecule has 0 radical (unpaired) electrons. The summed E-state index contributed by atoms with van der Waals surface area (Å²) in [4.78, 5) is 0. The molecule has 0 atom stereocenters. The Morgan fingerprint density at radius 3 is 0.542 bits per heavy atom. The van der Waals surface area contributed by atoms with E-state index in [1.54, 1.807) is 0 Å². The highest BCUT2D eigenvalue weighted by Gasteiger charge is 2.46. The molecule has 17 aromatic rings. The van der Waals surface area contributed by atoms with E-state index >= 15 is 0 Å². The lowest BCUT2D eigenvalue weighted by Gasteiger charge is -2.33. The van der Waals surface area contributed by atoms with Crippen molar-refractivity contribution in [3.63, 3.8) is 0 Å². The molecule has 2 aliphatic carbocycles. The molecule has 0 fully saturated rings. The fraction of sp³-hybridized carbons (Fsp3) is 0.400. The maximum absolute atomic E-state index is 2.37. The van der Waals surface area contributed by atoms with E-state index < -0.39 is 0 Å². The van der Waals surface area contributed by atoms with Crippen molar-refractivity contribution in [2.75, 3.05) is 0 Å². The minimum Gasteiger partial charge on any atom is -0.341 e. The molecule has 2 aromatic heterocycles. The van der Waals surface area contributed by atoms with Gasteiger partial charge in [-0.05, 0) is 185 Å². The van der Waals surface area contributed by atoms with Crippen LogP contribution in [0, 0.1) is 54.1 Å². The third kappa shape index (κ3) is 43.5. The van der Waals surface area contributed by atoms with Crippen molar-refractivity contribution in [1.82, 2.24) is 9.13 Å². The number of hydrogen-bond acceptors (Lipinski definition) is 0. The number of aryl methyl sites for hydroxylation is 1. The predicted molar refractivity (Wildman–Crippen MR) is 644 cm³/mol. The Morgan fingerprint density at radius 1 is 0.169 bits per heavy atom. The van der Waals surface area contributed by atoms with E-state index in [4.69, 9.17) is 0 Å². The molecule has 0 spiro atoms. The number of aromatic nitrogens is 2. The third-order valence-electron chi connectivity index (χ3n) is 19.1. The van der Waals surface area contributed by atoms with Gasteiger partial charge in [-0.1, -0.05) is 612 Å². The van der Waals surface area contributed by atoms with Gasteiger partial charge in [0.1, 0.15) is 0 Å². The molecule has 0 saturated carbocycles. The number of fused-ring (bicyclic) bond motifs is 18. The van der Waals surface area contributed by atoms with Crippen molar-refractivity contribution in [3.05, 3.63) is 391 Å². The Labute approximate surface area is 867 Å². The van der Waals surface area contributed by atoms with Gasteiger partial charge in [0.25, 0.3) is 0 Å². The van der Waals surface area contributed by atoms with Crippen LogP contribution in [-0.4, -0.2) is 9.13 Å². The first-order chi connectivity index (χ1) is 65.4. The average Bonchev–Trinajstić information content (AvgIpc) is 1.54. The van der Waals surface area contributed by atoms with Gasteiger partial charge in [-0.2, -0.15) is 0 Å². The summed E-state index contributed by atoms with van der Waals surface area (Å²) in [7, 11) is 0. The van der Waals surface area contributed by atoms with E-state index in [1.807, 2.05) is 0 Å². The third-order valence-corrected chi connectivity index (χ3v) is 19.1. The van der Waals surface area contributed by atoms with E-state index in [1.165, 1.54) is 137 Å². The summed E-state index contributed by atoms with van der Waals surface area (Å²) in [5.74, 6) is 0. The highest BCUT2D eigenvalue weighted by atomic mass is 15.0. The second kappa shape index (κ2) is 52.8. The van der Waals surface area contributed by atoms with Crippen molar-refractivity contribution < 1.29 is 0 Å². The number of benzene rings is 15. The summed E-state index contributed by atoms with van der Waals surface area (Å²) in [6.45, 7) is 95.3. The van der Waals surface area contributed by atoms with E-state index in [9.17, 15) is 0 Å². The summed E-state index contributed by atoms with van der Waals surface area (Å²) >= 11 is 0. The van der Waals surface area contributed by atoms with Gasteiger partial charge in [0.05, 0.1) is 16.4 Å². The minimum atomic E-state index is -0.254. The topological polar surface area (TPSA) is 9.86 Å². The van der Waals surface area contributed by atoms with Gasteiger partial charge in [-0.3, -0.25) is 0 Å². The van der Waals surface area contributed by atoms with Crippen LogP contribution >= 0.6 is 0 Å². The lowest BCUT2D eigenvalue weighted by molar-refractivity contribution is 0.469. The molecule has 142 heavy (non-hydrogen) atoms. The van der Waals surface area contributed by atoms with E-state index in [2.05, 4.69) is 665 Å². The van der Waals surface area contributed by atoms with Crippen LogP contribution in [0.5, 0.6) is 0 Å². The summed E-state index contributed by atoms with van der Waals surface area (Å²) in [6, 6.07) is 128. The largest absolute Gasteiger partial charge is 0.341 e. The van der Waals surface area contributed by atoms with Gasteiger partial charge in [-0.25, -0.2) is 0 Å². The Hall–Kier alpha value is -11.3. The highest BCUT2D eigenvalue weighted by molar-refractivity contribution is 6.25. The first kappa shape index (κ1) is 121. The molecule has 15 aromatic carbocycles. The van der Waals surface area contributed by atoms with Gasteiger partial charge in [-0.15, -0.1) is 0 Å². The van der Waals surface area contributed by atoms with Crippen LogP contribution in [0.15, 0.2) is 358 Å². The molecule has 0 N–H and O–H groups in total. The molecule has 0 unspecified atom stereocenters. The second-order valence-corrected chi connectivity index (χ2v) is 54.4. The fourth-order valence-electron chi connectivity index (χ4n) is 15.1. The van der Waals surface area contributed by atoms with Crippen LogP contribution in [0.1, 0.15) is 331 Å². The molecule has 2 heteroatoms. The molecule has 0 amide bonds. The van der Waals surface area contributed by atoms with Crippen molar-refractivity contribution >= 4 is 75.9 Å². The minimum absolute atomic E-state index is 0.160. The van der Waals surface area contributed by atoms with Gasteiger partial charge in [0.2, 0.25) is 0 Å². The summed E-state index contributed by atoms with van der Waals surface area (Å²) < 4.78 is 4.69. The Kier molecular flexibility index (Phi) is 45.0. The van der Waals surface area contributed by atoms with Crippen LogP contribution in [0.4, 0.5) is 0 Å². The van der Waals surface area contributed by atoms with E-state index in [0.717, 1.165) is 6.54 Å². The average molecular weight is 1900 g/mol. The van der Waals surface area contributed by atoms with Crippen molar-refractivity contribution in [1.29, 1.82) is 0 Å². The highest BCUT2D eigenvalue weighted by Crippen LogP contribution is 2.56. The lowest BCUT2D eigenvalue weighted by Crippen LogP contribution is -2.28. The standard InChI is InChI=1S/C25H18.C18H13N.C18H12.C15H14.C14H13N.10C5H12/c1-3-11-19(12-4-1)25(20-13-5-2-6-14-20)23-17-9-7-15-21(23)22-16-8-10-18-24(22)25;1-2-8-14(9-3-1)19-17-12-6-4-10-15(17)16-11-5-7-13-18(16)19;1-2-8-14-13(7-1)15-9-3-4-11-17(15)18-12-6-5-10-16(14)18;1-15(2)13-9-5-3-7-11(13)12-8-4-6-10-14(12)15;1-2-15-13-9-5-3-7-11(13)12-8-4-6-10-14(12)15;10*1-5(2,3)4/h1-18H;1-13H;1-12H;3-10H,1-2H3;3-10H,2H2,1H3;10*1-4H3. The second-order valence-electron chi connectivity index (χ2n) is 54.4. The molecule has 2 aliphatic rings. The van der Waals surface area contributed by atoms with Crippen LogP contribution < -0.4 is 0 Å². The van der Waals surface area contributed by atoms with Crippen LogP contribution in [-0.2, 0) is 17.4 Å². The summed E-state index contributed by atoms with van der Waals surface area (Å²) in [5.41, 5.74) is 25.1. The lowest BCUT2D eigenvalue weighted by atomic mass is 9.68. The normalized spacial score (nSPS) is 12.5. The molecular weight excluding hydrogens is 1710 g/mol. The van der Waals surface area contributed by atoms with Gasteiger partial charge < -0.3 is 9.13 Å². The van der Waals surface area contributed by atoms with Crippen LogP contribution in [0.25, 0.3) is 104 Å². The maximum Gasteiger partial charge on any atom is 0.0713 e. The van der Waals surface area contributed by atoms with Crippen molar-refractivity contribution in [3.8, 4) is 27.9 Å². The summed E-state index contributed by atoms with van der Waals surface area (Å²) in [5, 5.41) is 13.4. The van der Waals surface area contributed by atoms with Crippen LogP contribution in [0.3, 0.4) is 0 Å².